The van der Waals surface area contributed by atoms with Gasteiger partial charge in [-0.1, -0.05) is 12.1 Å². The van der Waals surface area contributed by atoms with Gasteiger partial charge in [0.25, 0.3) is 5.56 Å². The molecule has 1 aromatic carbocycles. The molecule has 7 nitrogen and oxygen atoms in total. The maximum atomic E-state index is 13.8. The lowest BCUT2D eigenvalue weighted by Gasteiger charge is -2.04. The van der Waals surface area contributed by atoms with Gasteiger partial charge in [-0.25, -0.2) is 18.7 Å². The number of rotatable bonds is 5. The van der Waals surface area contributed by atoms with Crippen LogP contribution in [-0.4, -0.2) is 20.7 Å². The van der Waals surface area contributed by atoms with Crippen LogP contribution in [0.5, 0.6) is 0 Å². The van der Waals surface area contributed by atoms with Crippen molar-refractivity contribution in [1.29, 1.82) is 0 Å². The summed E-state index contributed by atoms with van der Waals surface area (Å²) in [6.07, 6.45) is 4.63. The normalized spacial score (nSPS) is 12.4. The lowest BCUT2D eigenvalue weighted by Crippen LogP contribution is -2.17. The van der Waals surface area contributed by atoms with Crippen LogP contribution in [0.1, 0.15) is 17.3 Å². The van der Waals surface area contributed by atoms with Crippen LogP contribution in [0.4, 0.5) is 13.2 Å². The van der Waals surface area contributed by atoms with Crippen LogP contribution < -0.4 is 11.3 Å². The molecule has 27 heavy (non-hydrogen) atoms. The number of H-pyrrole nitrogens is 1. The number of aromatic amines is 1. The van der Waals surface area contributed by atoms with E-state index >= 15 is 0 Å². The fourth-order valence-electron chi connectivity index (χ4n) is 2.11. The van der Waals surface area contributed by atoms with Crippen molar-refractivity contribution in [2.24, 2.45) is 10.7 Å². The van der Waals surface area contributed by atoms with Crippen molar-refractivity contribution < 1.29 is 17.6 Å². The molecule has 10 heteroatoms. The molecule has 0 saturated carbocycles. The van der Waals surface area contributed by atoms with E-state index in [1.54, 1.807) is 0 Å². The number of aliphatic imine (C=N–C) groups is 1. The van der Waals surface area contributed by atoms with Crippen molar-refractivity contribution in [1.82, 2.24) is 15.0 Å². The molecule has 0 atom stereocenters. The second kappa shape index (κ2) is 7.68. The molecule has 0 spiro atoms. The second-order valence-corrected chi connectivity index (χ2v) is 5.26. The maximum Gasteiger partial charge on any atom is 0.287 e. The van der Waals surface area contributed by atoms with Gasteiger partial charge < -0.3 is 15.1 Å². The minimum Gasteiger partial charge on any atom is -0.443 e. The monoisotopic (exact) mass is 375 g/mol. The first-order valence-electron chi connectivity index (χ1n) is 7.55. The Bertz CT molecular complexity index is 1070. The van der Waals surface area contributed by atoms with Crippen LogP contribution in [0.2, 0.25) is 0 Å². The highest BCUT2D eigenvalue weighted by Crippen LogP contribution is 2.14. The van der Waals surface area contributed by atoms with E-state index in [1.807, 2.05) is 0 Å². The predicted octanol–water partition coefficient (Wildman–Crippen LogP) is 2.16. The molecule has 0 unspecified atom stereocenters. The molecule has 2 aromatic heterocycles. The summed E-state index contributed by atoms with van der Waals surface area (Å²) in [4.78, 5) is 25.3. The molecule has 0 bridgehead atoms. The van der Waals surface area contributed by atoms with Crippen molar-refractivity contribution in [3.05, 3.63) is 88.0 Å². The number of benzene rings is 1. The van der Waals surface area contributed by atoms with Crippen LogP contribution in [0.15, 0.2) is 57.1 Å². The molecule has 3 N–H and O–H groups in total. The minimum atomic E-state index is -1.06. The number of aromatic nitrogens is 3. The number of nitrogens with zero attached hydrogens (tertiary/aromatic N) is 3. The second-order valence-electron chi connectivity index (χ2n) is 5.26. The largest absolute Gasteiger partial charge is 0.443 e. The Morgan fingerprint density at radius 2 is 2.07 bits per heavy atom. The zero-order chi connectivity index (χ0) is 19.4. The van der Waals surface area contributed by atoms with Crippen LogP contribution in [-0.2, 0) is 6.54 Å². The highest BCUT2D eigenvalue weighted by molar-refractivity contribution is 6.08. The first-order valence-corrected chi connectivity index (χ1v) is 7.55. The van der Waals surface area contributed by atoms with Crippen LogP contribution >= 0.6 is 0 Å². The lowest BCUT2D eigenvalue weighted by atomic mass is 10.2. The fraction of sp³-hybridized carbons (Fsp3) is 0.0588. The van der Waals surface area contributed by atoms with E-state index < -0.39 is 23.0 Å². The van der Waals surface area contributed by atoms with E-state index in [2.05, 4.69) is 19.9 Å². The molecule has 0 saturated heterocycles. The summed E-state index contributed by atoms with van der Waals surface area (Å²) in [5.74, 6) is -3.12. The Kier molecular flexibility index (Phi) is 5.15. The van der Waals surface area contributed by atoms with Gasteiger partial charge in [0, 0.05) is 5.56 Å². The third-order valence-corrected chi connectivity index (χ3v) is 3.42. The van der Waals surface area contributed by atoms with Gasteiger partial charge in [-0.05, 0) is 12.1 Å². The third kappa shape index (κ3) is 4.11. The quantitative estimate of drug-likeness (QED) is 0.664. The number of nitrogens with two attached hydrogens (primary N) is 1. The topological polar surface area (TPSA) is 110 Å². The molecule has 3 aromatic rings. The summed E-state index contributed by atoms with van der Waals surface area (Å²) in [5, 5.41) is 0. The van der Waals surface area contributed by atoms with E-state index in [0.717, 1.165) is 12.3 Å². The Balaban J connectivity index is 1.97. The average Bonchev–Trinajstić information content (AvgIpc) is 3.18. The average molecular weight is 375 g/mol. The molecule has 0 radical (unpaired) electrons. The molecule has 0 aliphatic heterocycles. The SMILES string of the molecule is N/C(=C\C(=NCc1cccc(F)c1F)c1ncco1)c1ncc(F)c(=O)[nH]1. The summed E-state index contributed by atoms with van der Waals surface area (Å²) >= 11 is 0. The molecule has 0 aliphatic rings. The molecule has 0 amide bonds. The van der Waals surface area contributed by atoms with Gasteiger partial charge in [0.1, 0.15) is 12.0 Å². The zero-order valence-electron chi connectivity index (χ0n) is 13.6. The van der Waals surface area contributed by atoms with Gasteiger partial charge in [0.05, 0.1) is 24.6 Å². The van der Waals surface area contributed by atoms with Gasteiger partial charge in [0.2, 0.25) is 11.7 Å². The van der Waals surface area contributed by atoms with Gasteiger partial charge in [0.15, 0.2) is 17.5 Å². The molecular weight excluding hydrogens is 363 g/mol. The number of nitrogens with one attached hydrogen (secondary N) is 1. The van der Waals surface area contributed by atoms with E-state index in [9.17, 15) is 18.0 Å². The van der Waals surface area contributed by atoms with Gasteiger partial charge in [-0.3, -0.25) is 9.79 Å². The zero-order valence-corrected chi connectivity index (χ0v) is 13.6. The van der Waals surface area contributed by atoms with E-state index in [-0.39, 0.29) is 35.2 Å². The van der Waals surface area contributed by atoms with Gasteiger partial charge >= 0.3 is 0 Å². The van der Waals surface area contributed by atoms with Crippen molar-refractivity contribution in [3.63, 3.8) is 0 Å². The smallest absolute Gasteiger partial charge is 0.287 e. The van der Waals surface area contributed by atoms with Crippen LogP contribution in [0.25, 0.3) is 5.70 Å². The number of hydrogen-bond acceptors (Lipinski definition) is 6. The molecule has 0 fully saturated rings. The lowest BCUT2D eigenvalue weighted by molar-refractivity contribution is 0.499. The molecule has 2 heterocycles. The highest BCUT2D eigenvalue weighted by Gasteiger charge is 2.12. The summed E-state index contributed by atoms with van der Waals surface area (Å²) in [7, 11) is 0. The van der Waals surface area contributed by atoms with Crippen molar-refractivity contribution in [3.8, 4) is 0 Å². The van der Waals surface area contributed by atoms with E-state index in [4.69, 9.17) is 10.2 Å². The summed E-state index contributed by atoms with van der Waals surface area (Å²) < 4.78 is 45.3. The van der Waals surface area contributed by atoms with Crippen molar-refractivity contribution in [2.45, 2.75) is 6.54 Å². The summed E-state index contributed by atoms with van der Waals surface area (Å²) in [5.41, 5.74) is 4.91. The Labute approximate surface area is 150 Å². The van der Waals surface area contributed by atoms with E-state index in [1.165, 1.54) is 30.7 Å². The first-order chi connectivity index (χ1) is 13.0. The Morgan fingerprint density at radius 3 is 2.78 bits per heavy atom. The Hall–Kier alpha value is -3.69. The third-order valence-electron chi connectivity index (χ3n) is 3.42. The Morgan fingerprint density at radius 1 is 1.26 bits per heavy atom. The fourth-order valence-corrected chi connectivity index (χ4v) is 2.11. The number of oxazole rings is 1. The van der Waals surface area contributed by atoms with Crippen LogP contribution in [0.3, 0.4) is 0 Å². The van der Waals surface area contributed by atoms with Crippen LogP contribution in [0, 0.1) is 17.5 Å². The predicted molar refractivity (Wildman–Crippen MR) is 90.1 cm³/mol. The summed E-state index contributed by atoms with van der Waals surface area (Å²) in [6.45, 7) is -0.224. The van der Waals surface area contributed by atoms with E-state index in [0.29, 0.717) is 0 Å². The number of allylic oxidation sites excluding steroid dienone is 1. The first kappa shape index (κ1) is 18.1. The molecule has 3 rings (SSSR count). The minimum absolute atomic E-state index is 0.0133. The number of hydrogen-bond donors (Lipinski definition) is 2. The molecule has 138 valence electrons. The highest BCUT2D eigenvalue weighted by atomic mass is 19.2. The molecular formula is C17H12F3N5O2. The van der Waals surface area contributed by atoms with Gasteiger partial charge in [-0.2, -0.15) is 4.39 Å². The van der Waals surface area contributed by atoms with Gasteiger partial charge in [-0.15, -0.1) is 0 Å². The summed E-state index contributed by atoms with van der Waals surface area (Å²) in [6, 6.07) is 3.72. The number of halogens is 3. The maximum absolute atomic E-state index is 13.8. The van der Waals surface area contributed by atoms with Crippen molar-refractivity contribution in [2.75, 3.05) is 0 Å². The standard InChI is InChI=1S/C17H12F3N5O2/c18-10-3-1-2-9(14(10)20)7-23-13(17-22-4-5-27-17)6-12(21)15-24-8-11(19)16(26)25-15/h1-6,8H,7,21H2,(H,24,25,26)/b12-6-,23-13?. The van der Waals surface area contributed by atoms with Crippen molar-refractivity contribution >= 4 is 11.4 Å². The molecule has 0 aliphatic carbocycles.